The molecule has 0 aromatic carbocycles. The van der Waals surface area contributed by atoms with Gasteiger partial charge in [-0.2, -0.15) is 0 Å². The molecule has 0 fully saturated rings. The lowest BCUT2D eigenvalue weighted by atomic mass is 10.3. The van der Waals surface area contributed by atoms with Crippen molar-refractivity contribution in [1.82, 2.24) is 0 Å². The normalized spacial score (nSPS) is 13.5. The molecule has 28 heavy (non-hydrogen) atoms. The van der Waals surface area contributed by atoms with Crippen molar-refractivity contribution in [3.63, 3.8) is 0 Å². The Kier molecular flexibility index (Phi) is 51.0. The van der Waals surface area contributed by atoms with Crippen molar-refractivity contribution in [3.05, 3.63) is 0 Å². The van der Waals surface area contributed by atoms with Crippen molar-refractivity contribution in [2.24, 2.45) is 0 Å². The molecule has 0 aromatic heterocycles. The van der Waals surface area contributed by atoms with Crippen LogP contribution in [0.1, 0.15) is 53.4 Å². The molecule has 0 aliphatic carbocycles. The second kappa shape index (κ2) is 37.4. The highest BCUT2D eigenvalue weighted by atomic mass is 16.3. The molecule has 0 bridgehead atoms. The van der Waals surface area contributed by atoms with Crippen molar-refractivity contribution in [1.29, 1.82) is 0 Å². The Morgan fingerprint density at radius 2 is 0.750 bits per heavy atom. The Bertz CT molecular complexity index is 203. The van der Waals surface area contributed by atoms with E-state index in [2.05, 4.69) is 0 Å². The van der Waals surface area contributed by atoms with Crippen LogP contribution in [0.25, 0.3) is 0 Å². The van der Waals surface area contributed by atoms with Crippen molar-refractivity contribution in [3.8, 4) is 0 Å². The Morgan fingerprint density at radius 1 is 0.464 bits per heavy atom. The molecule has 10 N–H and O–H groups in total. The van der Waals surface area contributed by atoms with E-state index >= 15 is 0 Å². The zero-order valence-electron chi connectivity index (χ0n) is 17.9. The quantitative estimate of drug-likeness (QED) is 0.185. The zero-order chi connectivity index (χ0) is 23.4. The highest BCUT2D eigenvalue weighted by Gasteiger charge is 1.99. The first-order valence-electron chi connectivity index (χ1n) is 9.39. The molecule has 10 heteroatoms. The van der Waals surface area contributed by atoms with Crippen LogP contribution in [-0.4, -0.2) is 115 Å². The zero-order valence-corrected chi connectivity index (χ0v) is 17.9. The Labute approximate surface area is 169 Å². The lowest BCUT2D eigenvalue weighted by molar-refractivity contribution is 0.0438. The number of aliphatic hydroxyl groups excluding tert-OH is 10. The molecule has 0 radical (unpaired) electrons. The molecule has 10 nitrogen and oxygen atoms in total. The van der Waals surface area contributed by atoms with Crippen LogP contribution in [0.2, 0.25) is 0 Å². The van der Waals surface area contributed by atoms with Crippen molar-refractivity contribution in [2.75, 3.05) is 39.6 Å². The molecule has 0 saturated carbocycles. The fourth-order valence-corrected chi connectivity index (χ4v) is 0.481. The molecule has 0 heterocycles. The van der Waals surface area contributed by atoms with E-state index in [4.69, 9.17) is 51.1 Å². The van der Waals surface area contributed by atoms with Crippen LogP contribution in [0.15, 0.2) is 0 Å². The third-order valence-electron chi connectivity index (χ3n) is 2.39. The summed E-state index contributed by atoms with van der Waals surface area (Å²) in [6, 6.07) is 0. The summed E-state index contributed by atoms with van der Waals surface area (Å²) in [6.45, 7) is 6.79. The van der Waals surface area contributed by atoms with Crippen LogP contribution >= 0.6 is 0 Å². The van der Waals surface area contributed by atoms with Crippen LogP contribution in [-0.2, 0) is 0 Å². The maximum atomic E-state index is 8.39. The van der Waals surface area contributed by atoms with Gasteiger partial charge in [0.15, 0.2) is 0 Å². The average molecular weight is 423 g/mol. The minimum atomic E-state index is -0.593. The first kappa shape index (κ1) is 38.2. The number of hydrogen-bond acceptors (Lipinski definition) is 10. The summed E-state index contributed by atoms with van der Waals surface area (Å²) in [7, 11) is 0. The van der Waals surface area contributed by atoms with Gasteiger partial charge in [0.2, 0.25) is 0 Å². The highest BCUT2D eigenvalue weighted by molar-refractivity contribution is 4.51. The van der Waals surface area contributed by atoms with Gasteiger partial charge in [-0.1, -0.05) is 0 Å². The first-order valence-corrected chi connectivity index (χ1v) is 9.39. The Morgan fingerprint density at radius 3 is 0.786 bits per heavy atom. The summed E-state index contributed by atoms with van der Waals surface area (Å²) in [6.07, 6.45) is 0.326. The second-order valence-corrected chi connectivity index (χ2v) is 5.83. The minimum absolute atomic E-state index is 0.0810. The Balaban J connectivity index is -0.0000000789. The molecular formula is C18H46O10. The van der Waals surface area contributed by atoms with E-state index in [9.17, 15) is 0 Å². The molecule has 4 unspecified atom stereocenters. The summed E-state index contributed by atoms with van der Waals surface area (Å²) < 4.78 is 0. The summed E-state index contributed by atoms with van der Waals surface area (Å²) >= 11 is 0. The topological polar surface area (TPSA) is 202 Å². The average Bonchev–Trinajstić information content (AvgIpc) is 2.62. The standard InChI is InChI=1S/3C4H10O2.2C3H8O2/c1-4(6)2-3-5;1-3(5)4(2)6;5-3-1-2-4-6;1-3(5)2-4;4-2-1-3-5/h4-6H,2-3H2,1H3;3-6H,1-2H3;5-6H,1-4H2;3-5H,2H2,1H3;4-5H,1-3H2. The first-order chi connectivity index (χ1) is 13.0. The van der Waals surface area contributed by atoms with Crippen molar-refractivity contribution < 1.29 is 51.1 Å². The second-order valence-electron chi connectivity index (χ2n) is 5.83. The number of aliphatic hydroxyl groups is 10. The molecule has 4 atom stereocenters. The third kappa shape index (κ3) is 83.8. The van der Waals surface area contributed by atoms with Gasteiger partial charge in [-0.3, -0.25) is 0 Å². The van der Waals surface area contributed by atoms with Crippen molar-refractivity contribution in [2.45, 2.75) is 77.8 Å². The van der Waals surface area contributed by atoms with Gasteiger partial charge in [0.05, 0.1) is 31.0 Å². The van der Waals surface area contributed by atoms with Gasteiger partial charge in [0.1, 0.15) is 0 Å². The molecule has 0 saturated heterocycles. The van der Waals surface area contributed by atoms with E-state index < -0.39 is 18.3 Å². The van der Waals surface area contributed by atoms with E-state index in [1.807, 2.05) is 0 Å². The van der Waals surface area contributed by atoms with Gasteiger partial charge >= 0.3 is 0 Å². The molecule has 0 rings (SSSR count). The fourth-order valence-electron chi connectivity index (χ4n) is 0.481. The lowest BCUT2D eigenvalue weighted by Gasteiger charge is -2.03. The van der Waals surface area contributed by atoms with Crippen LogP contribution in [0.4, 0.5) is 0 Å². The summed E-state index contributed by atoms with van der Waals surface area (Å²) in [5.74, 6) is 0. The fraction of sp³-hybridized carbons (Fsp3) is 1.00. The molecule has 0 aromatic rings. The summed E-state index contributed by atoms with van der Waals surface area (Å²) in [5, 5.41) is 81.2. The maximum Gasteiger partial charge on any atom is 0.0768 e. The van der Waals surface area contributed by atoms with E-state index in [-0.39, 0.29) is 45.7 Å². The predicted molar refractivity (Wildman–Crippen MR) is 108 cm³/mol. The van der Waals surface area contributed by atoms with Crippen LogP contribution < -0.4 is 0 Å². The van der Waals surface area contributed by atoms with Gasteiger partial charge in [0, 0.05) is 33.0 Å². The summed E-state index contributed by atoms with van der Waals surface area (Å²) in [5.41, 5.74) is 0. The van der Waals surface area contributed by atoms with Crippen LogP contribution in [0.5, 0.6) is 0 Å². The van der Waals surface area contributed by atoms with E-state index in [0.717, 1.165) is 12.8 Å². The van der Waals surface area contributed by atoms with Gasteiger partial charge in [-0.15, -0.1) is 0 Å². The molecule has 0 aliphatic heterocycles. The minimum Gasteiger partial charge on any atom is -0.396 e. The van der Waals surface area contributed by atoms with E-state index in [1.54, 1.807) is 20.8 Å². The number of unbranched alkanes of at least 4 members (excludes halogenated alkanes) is 1. The molecule has 0 aliphatic rings. The smallest absolute Gasteiger partial charge is 0.0768 e. The third-order valence-corrected chi connectivity index (χ3v) is 2.39. The monoisotopic (exact) mass is 422 g/mol. The van der Waals surface area contributed by atoms with Gasteiger partial charge in [-0.05, 0) is 53.4 Å². The van der Waals surface area contributed by atoms with E-state index in [1.165, 1.54) is 6.92 Å². The van der Waals surface area contributed by atoms with E-state index in [0.29, 0.717) is 12.8 Å². The lowest BCUT2D eigenvalue weighted by Crippen LogP contribution is -2.17. The predicted octanol–water partition coefficient (Wildman–Crippen LogP) is -2.03. The molecule has 0 amide bonds. The highest BCUT2D eigenvalue weighted by Crippen LogP contribution is 1.85. The Hall–Kier alpha value is -0.400. The van der Waals surface area contributed by atoms with Gasteiger partial charge in [0.25, 0.3) is 0 Å². The van der Waals surface area contributed by atoms with Crippen molar-refractivity contribution >= 4 is 0 Å². The van der Waals surface area contributed by atoms with Crippen LogP contribution in [0.3, 0.4) is 0 Å². The van der Waals surface area contributed by atoms with Crippen LogP contribution in [0, 0.1) is 0 Å². The molecule has 0 spiro atoms. The number of rotatable bonds is 9. The van der Waals surface area contributed by atoms with Gasteiger partial charge < -0.3 is 51.1 Å². The maximum absolute atomic E-state index is 8.39. The number of hydrogen-bond donors (Lipinski definition) is 10. The largest absolute Gasteiger partial charge is 0.396 e. The molecule has 178 valence electrons. The van der Waals surface area contributed by atoms with Gasteiger partial charge in [-0.25, -0.2) is 0 Å². The SMILES string of the molecule is CC(O)C(C)O.CC(O)CCO.CC(O)CO.OCCCCO.OCCCO. The summed E-state index contributed by atoms with van der Waals surface area (Å²) in [4.78, 5) is 0. The molecular weight excluding hydrogens is 376 g/mol.